The summed E-state index contributed by atoms with van der Waals surface area (Å²) in [6.45, 7) is -0.950. The van der Waals surface area contributed by atoms with Gasteiger partial charge in [0.05, 0.1) is 29.0 Å². The van der Waals surface area contributed by atoms with Crippen LogP contribution in [0.2, 0.25) is 0 Å². The van der Waals surface area contributed by atoms with Gasteiger partial charge in [-0.3, -0.25) is 10.1 Å². The maximum Gasteiger partial charge on any atom is 0.406 e. The molecule has 3 aromatic heterocycles. The van der Waals surface area contributed by atoms with Crippen LogP contribution in [0.1, 0.15) is 41.0 Å². The number of urea groups is 1. The van der Waals surface area contributed by atoms with E-state index in [1.807, 2.05) is 12.1 Å². The van der Waals surface area contributed by atoms with Crippen LogP contribution in [0.15, 0.2) is 43.0 Å². The Labute approximate surface area is 190 Å². The molecule has 1 aromatic carbocycles. The number of alkyl halides is 3. The number of hydrogen-bond acceptors (Lipinski definition) is 5. The number of amides is 3. The number of fused-ring (bicyclic) bond motifs is 2. The van der Waals surface area contributed by atoms with Crippen LogP contribution in [0, 0.1) is 0 Å². The Morgan fingerprint density at radius 3 is 2.76 bits per heavy atom. The Kier molecular flexibility index (Phi) is 4.41. The molecule has 3 amide bonds. The molecule has 0 spiro atoms. The summed E-state index contributed by atoms with van der Waals surface area (Å²) in [4.78, 5) is 32.3. The third-order valence-corrected chi connectivity index (χ3v) is 6.40. The van der Waals surface area contributed by atoms with Gasteiger partial charge in [-0.2, -0.15) is 18.3 Å². The number of carbonyl (C=O) groups is 2. The molecule has 6 rings (SSSR count). The minimum Gasteiger partial charge on any atom is -0.337 e. The molecule has 0 radical (unpaired) electrons. The van der Waals surface area contributed by atoms with E-state index in [4.69, 9.17) is 0 Å². The molecule has 4 aromatic rings. The Morgan fingerprint density at radius 1 is 1.12 bits per heavy atom. The smallest absolute Gasteiger partial charge is 0.337 e. The highest BCUT2D eigenvalue weighted by Crippen LogP contribution is 2.55. The van der Waals surface area contributed by atoms with Crippen LogP contribution in [-0.4, -0.2) is 48.8 Å². The van der Waals surface area contributed by atoms with Gasteiger partial charge in [0.2, 0.25) is 5.91 Å². The number of aromatic nitrogens is 5. The minimum absolute atomic E-state index is 0.0735. The molecule has 1 aliphatic carbocycles. The van der Waals surface area contributed by atoms with Crippen molar-refractivity contribution in [3.63, 3.8) is 0 Å². The van der Waals surface area contributed by atoms with Gasteiger partial charge in [0.15, 0.2) is 5.65 Å². The predicted molar refractivity (Wildman–Crippen MR) is 113 cm³/mol. The molecule has 9 nitrogen and oxygen atoms in total. The summed E-state index contributed by atoms with van der Waals surface area (Å²) in [6, 6.07) is 6.72. The van der Waals surface area contributed by atoms with Crippen LogP contribution in [0.25, 0.3) is 16.7 Å². The van der Waals surface area contributed by atoms with Gasteiger partial charge in [-0.15, -0.1) is 0 Å². The predicted octanol–water partition coefficient (Wildman–Crippen LogP) is 2.84. The molecule has 1 unspecified atom stereocenters. The summed E-state index contributed by atoms with van der Waals surface area (Å²) in [7, 11) is 0. The molecule has 12 heteroatoms. The summed E-state index contributed by atoms with van der Waals surface area (Å²) >= 11 is 0. The number of nitrogens with one attached hydrogen (secondary N) is 2. The van der Waals surface area contributed by atoms with Gasteiger partial charge < -0.3 is 9.88 Å². The summed E-state index contributed by atoms with van der Waals surface area (Å²) in [5, 5.41) is 9.38. The molecule has 3 atom stereocenters. The standard InChI is InChI=1S/C22H18F3N7O2/c23-22(24,25)9-31-10-28-16-2-1-11(5-18(16)31)12-6-13(12)14-7-17(30-32-4-3-26-19(14)32)15-8-27-21(34)29-20(15)33/h1-5,7,10,12-13,15H,6,8-9H2,(H2,27,29,33,34)/t12-,13+,15?/m1/s1. The summed E-state index contributed by atoms with van der Waals surface area (Å²) in [5.41, 5.74) is 3.97. The van der Waals surface area contributed by atoms with E-state index < -0.39 is 30.6 Å². The van der Waals surface area contributed by atoms with Gasteiger partial charge in [0, 0.05) is 24.5 Å². The molecular formula is C22H18F3N7O2. The molecule has 2 N–H and O–H groups in total. The normalized spacial score (nSPS) is 22.7. The highest BCUT2D eigenvalue weighted by molar-refractivity contribution is 6.00. The fourth-order valence-corrected chi connectivity index (χ4v) is 4.70. The van der Waals surface area contributed by atoms with Gasteiger partial charge in [0.25, 0.3) is 0 Å². The Balaban J connectivity index is 1.34. The van der Waals surface area contributed by atoms with E-state index in [-0.39, 0.29) is 18.4 Å². The zero-order valence-electron chi connectivity index (χ0n) is 17.6. The van der Waals surface area contributed by atoms with Crippen LogP contribution in [0.3, 0.4) is 0 Å². The van der Waals surface area contributed by atoms with Crippen LogP contribution in [0.5, 0.6) is 0 Å². The van der Waals surface area contributed by atoms with Crippen molar-refractivity contribution in [2.45, 2.75) is 36.9 Å². The first-order chi connectivity index (χ1) is 16.3. The lowest BCUT2D eigenvalue weighted by Gasteiger charge is -2.22. The van der Waals surface area contributed by atoms with Crippen molar-refractivity contribution in [3.8, 4) is 0 Å². The highest BCUT2D eigenvalue weighted by Gasteiger charge is 2.42. The van der Waals surface area contributed by atoms with Crippen molar-refractivity contribution in [3.05, 3.63) is 59.8 Å². The van der Waals surface area contributed by atoms with E-state index >= 15 is 0 Å². The Morgan fingerprint density at radius 2 is 1.97 bits per heavy atom. The average Bonchev–Trinajstić information content (AvgIpc) is 3.26. The van der Waals surface area contributed by atoms with Crippen LogP contribution < -0.4 is 10.6 Å². The molecule has 4 heterocycles. The number of imidazole rings is 2. The second-order valence-corrected chi connectivity index (χ2v) is 8.66. The average molecular weight is 469 g/mol. The number of halogens is 3. The zero-order valence-corrected chi connectivity index (χ0v) is 17.6. The fraction of sp³-hybridized carbons (Fsp3) is 0.318. The van der Waals surface area contributed by atoms with Crippen molar-refractivity contribution in [2.75, 3.05) is 6.54 Å². The van der Waals surface area contributed by atoms with Gasteiger partial charge in [0.1, 0.15) is 6.54 Å². The van der Waals surface area contributed by atoms with Crippen LogP contribution in [0.4, 0.5) is 18.0 Å². The Hall–Kier alpha value is -3.96. The monoisotopic (exact) mass is 469 g/mol. The summed E-state index contributed by atoms with van der Waals surface area (Å²) in [6.07, 6.45) is 0.983. The first-order valence-corrected chi connectivity index (χ1v) is 10.7. The number of hydrogen-bond donors (Lipinski definition) is 2. The van der Waals surface area contributed by atoms with E-state index in [2.05, 4.69) is 25.7 Å². The summed E-state index contributed by atoms with van der Waals surface area (Å²) < 4.78 is 41.6. The van der Waals surface area contributed by atoms with Crippen molar-refractivity contribution >= 4 is 28.6 Å². The third kappa shape index (κ3) is 3.55. The minimum atomic E-state index is -4.34. The van der Waals surface area contributed by atoms with Crippen molar-refractivity contribution in [1.29, 1.82) is 0 Å². The molecule has 2 aliphatic rings. The first-order valence-electron chi connectivity index (χ1n) is 10.7. The van der Waals surface area contributed by atoms with Gasteiger partial charge in [-0.1, -0.05) is 6.07 Å². The largest absolute Gasteiger partial charge is 0.406 e. The number of carbonyl (C=O) groups excluding carboxylic acids is 2. The van der Waals surface area contributed by atoms with Crippen molar-refractivity contribution < 1.29 is 22.8 Å². The number of benzene rings is 1. The summed E-state index contributed by atoms with van der Waals surface area (Å²) in [5.74, 6) is -0.885. The van der Waals surface area contributed by atoms with E-state index in [9.17, 15) is 22.8 Å². The molecule has 1 aliphatic heterocycles. The SMILES string of the molecule is O=C1NCC(c2cc([C@H]3C[C@@H]3c3ccc4ncn(CC(F)(F)F)c4c3)c3nccn3n2)C(=O)N1. The molecule has 2 fully saturated rings. The van der Waals surface area contributed by atoms with Crippen molar-refractivity contribution in [1.82, 2.24) is 34.8 Å². The number of imide groups is 1. The molecule has 174 valence electrons. The van der Waals surface area contributed by atoms with E-state index in [1.54, 1.807) is 29.0 Å². The maximum absolute atomic E-state index is 12.9. The lowest BCUT2D eigenvalue weighted by molar-refractivity contribution is -0.140. The van der Waals surface area contributed by atoms with Crippen LogP contribution in [-0.2, 0) is 11.3 Å². The third-order valence-electron chi connectivity index (χ3n) is 6.40. The zero-order chi connectivity index (χ0) is 23.6. The highest BCUT2D eigenvalue weighted by atomic mass is 19.4. The molecule has 1 saturated carbocycles. The first kappa shape index (κ1) is 20.6. The number of rotatable bonds is 4. The topological polar surface area (TPSA) is 106 Å². The Bertz CT molecular complexity index is 1460. The lowest BCUT2D eigenvalue weighted by Crippen LogP contribution is -2.51. The van der Waals surface area contributed by atoms with Crippen molar-refractivity contribution in [2.24, 2.45) is 0 Å². The van der Waals surface area contributed by atoms with Gasteiger partial charge in [-0.25, -0.2) is 19.3 Å². The quantitative estimate of drug-likeness (QED) is 0.478. The molecular weight excluding hydrogens is 451 g/mol. The molecule has 0 bridgehead atoms. The van der Waals surface area contributed by atoms with Gasteiger partial charge in [-0.05, 0) is 42.0 Å². The molecule has 1 saturated heterocycles. The maximum atomic E-state index is 12.9. The second kappa shape index (κ2) is 7.27. The van der Waals surface area contributed by atoms with E-state index in [0.29, 0.717) is 22.4 Å². The lowest BCUT2D eigenvalue weighted by atomic mass is 9.99. The number of nitrogens with zero attached hydrogens (tertiary/aromatic N) is 5. The second-order valence-electron chi connectivity index (χ2n) is 8.66. The molecule has 34 heavy (non-hydrogen) atoms. The fourth-order valence-electron chi connectivity index (χ4n) is 4.70. The van der Waals surface area contributed by atoms with E-state index in [1.165, 1.54) is 6.33 Å². The van der Waals surface area contributed by atoms with Crippen LogP contribution >= 0.6 is 0 Å². The van der Waals surface area contributed by atoms with E-state index in [0.717, 1.165) is 22.1 Å². The van der Waals surface area contributed by atoms with Gasteiger partial charge >= 0.3 is 12.2 Å².